The van der Waals surface area contributed by atoms with Crippen LogP contribution in [0.15, 0.2) is 78.4 Å². The summed E-state index contributed by atoms with van der Waals surface area (Å²) in [5.74, 6) is 0.840. The van der Waals surface area contributed by atoms with E-state index in [0.29, 0.717) is 23.7 Å². The lowest BCUT2D eigenvalue weighted by Crippen LogP contribution is -2.08. The molecule has 4 heteroatoms. The maximum absolute atomic E-state index is 12.3. The van der Waals surface area contributed by atoms with Crippen molar-refractivity contribution in [2.45, 2.75) is 19.3 Å². The van der Waals surface area contributed by atoms with Gasteiger partial charge < -0.3 is 9.47 Å². The van der Waals surface area contributed by atoms with Crippen molar-refractivity contribution in [2.24, 2.45) is 0 Å². The molecule has 2 aromatic rings. The number of esters is 1. The lowest BCUT2D eigenvalue weighted by molar-refractivity contribution is -0.110. The Morgan fingerprint density at radius 3 is 2.30 bits per heavy atom. The number of ether oxygens (including phenoxy) is 2. The van der Waals surface area contributed by atoms with Crippen LogP contribution in [0, 0.1) is 12.8 Å². The van der Waals surface area contributed by atoms with Crippen LogP contribution in [-0.2, 0) is 4.79 Å². The Balaban J connectivity index is 1.18. The van der Waals surface area contributed by atoms with E-state index in [4.69, 9.17) is 9.47 Å². The largest absolute Gasteiger partial charge is 0.494 e. The van der Waals surface area contributed by atoms with Crippen molar-refractivity contribution >= 4 is 17.3 Å². The average Bonchev–Trinajstić information content (AvgIpc) is 3.68. The third-order valence-corrected chi connectivity index (χ3v) is 4.96. The minimum Gasteiger partial charge on any atom is -0.494 e. The number of allylic oxidation sites excluding steroid dienone is 5. The lowest BCUT2D eigenvalue weighted by atomic mass is 10.1. The van der Waals surface area contributed by atoms with Crippen molar-refractivity contribution in [2.75, 3.05) is 6.61 Å². The van der Waals surface area contributed by atoms with E-state index in [-0.39, 0.29) is 5.78 Å². The van der Waals surface area contributed by atoms with Gasteiger partial charge in [0.15, 0.2) is 5.78 Å². The number of hydrogen-bond donors (Lipinski definition) is 0. The molecule has 0 atom stereocenters. The van der Waals surface area contributed by atoms with Gasteiger partial charge in [-0.05, 0) is 72.9 Å². The fourth-order valence-corrected chi connectivity index (χ4v) is 3.09. The molecule has 150 valence electrons. The zero-order chi connectivity index (χ0) is 20.9. The summed E-state index contributed by atoms with van der Waals surface area (Å²) in [5, 5.41) is 0. The van der Waals surface area contributed by atoms with Crippen LogP contribution in [0.25, 0.3) is 5.57 Å². The van der Waals surface area contributed by atoms with Crippen LogP contribution in [0.3, 0.4) is 0 Å². The molecule has 0 unspecified atom stereocenters. The Morgan fingerprint density at radius 2 is 1.63 bits per heavy atom. The number of unbranched alkanes of at least 4 members (excludes halogenated alkanes) is 1. The molecule has 0 aliphatic heterocycles. The monoisotopic (exact) mass is 398 g/mol. The van der Waals surface area contributed by atoms with Gasteiger partial charge in [0.1, 0.15) is 11.5 Å². The van der Waals surface area contributed by atoms with E-state index in [2.05, 4.69) is 6.58 Å². The van der Waals surface area contributed by atoms with Crippen LogP contribution in [0.5, 0.6) is 11.5 Å². The van der Waals surface area contributed by atoms with Crippen LogP contribution in [0.2, 0.25) is 0 Å². The van der Waals surface area contributed by atoms with Gasteiger partial charge in [0.2, 0.25) is 0 Å². The molecule has 0 N–H and O–H groups in total. The highest BCUT2D eigenvalue weighted by Gasteiger charge is 2.25. The molecule has 0 bridgehead atoms. The molecule has 0 spiro atoms. The Hall–Kier alpha value is -3.40. The van der Waals surface area contributed by atoms with E-state index in [1.807, 2.05) is 31.1 Å². The van der Waals surface area contributed by atoms with Crippen LogP contribution >= 0.6 is 0 Å². The molecular formula is C26H22O4. The zero-order valence-corrected chi connectivity index (χ0v) is 16.6. The molecule has 0 heterocycles. The van der Waals surface area contributed by atoms with E-state index >= 15 is 0 Å². The molecule has 2 aliphatic carbocycles. The normalized spacial score (nSPS) is 14.1. The highest BCUT2D eigenvalue weighted by atomic mass is 16.5. The van der Waals surface area contributed by atoms with Gasteiger partial charge in [-0.1, -0.05) is 30.4 Å². The van der Waals surface area contributed by atoms with Crippen LogP contribution in [-0.4, -0.2) is 18.4 Å². The molecule has 4 nitrogen and oxygen atoms in total. The summed E-state index contributed by atoms with van der Waals surface area (Å²) >= 11 is 0. The van der Waals surface area contributed by atoms with Gasteiger partial charge in [0.05, 0.1) is 12.2 Å². The topological polar surface area (TPSA) is 52.6 Å². The molecule has 30 heavy (non-hydrogen) atoms. The van der Waals surface area contributed by atoms with Gasteiger partial charge >= 0.3 is 5.97 Å². The molecule has 4 rings (SSSR count). The summed E-state index contributed by atoms with van der Waals surface area (Å²) in [5.41, 5.74) is 4.73. The maximum Gasteiger partial charge on any atom is 0.343 e. The van der Waals surface area contributed by atoms with Crippen molar-refractivity contribution in [1.29, 1.82) is 0 Å². The number of ketones is 1. The second-order valence-corrected chi connectivity index (χ2v) is 7.18. The van der Waals surface area contributed by atoms with Crippen molar-refractivity contribution in [3.8, 4) is 11.5 Å². The SMILES string of the molecule is C=CC(=O)C1=C(CCCCOc2ccc(C(=O)Oc3ccc(C4=C[CH]4)cc3)cc2)[CH]1. The summed E-state index contributed by atoms with van der Waals surface area (Å²) < 4.78 is 11.2. The summed E-state index contributed by atoms with van der Waals surface area (Å²) in [6.45, 7) is 4.08. The highest BCUT2D eigenvalue weighted by molar-refractivity contribution is 6.11. The molecule has 0 fully saturated rings. The van der Waals surface area contributed by atoms with Gasteiger partial charge in [-0.3, -0.25) is 4.79 Å². The van der Waals surface area contributed by atoms with Gasteiger partial charge in [0.25, 0.3) is 0 Å². The Labute approximate surface area is 176 Å². The highest BCUT2D eigenvalue weighted by Crippen LogP contribution is 2.34. The number of carbonyl (C=O) groups excluding carboxylic acids is 2. The van der Waals surface area contributed by atoms with Gasteiger partial charge in [-0.2, -0.15) is 0 Å². The first-order valence-corrected chi connectivity index (χ1v) is 9.99. The van der Waals surface area contributed by atoms with Gasteiger partial charge in [-0.15, -0.1) is 0 Å². The standard InChI is InChI=1S/C26H22O4/c1-2-25(27)24-17-21(24)5-3-4-16-29-22-12-10-20(11-13-22)26(28)30-23-14-8-19(9-15-23)18-6-7-18/h2,6-15,17H,1,3-5,16H2. The second kappa shape index (κ2) is 8.95. The minimum atomic E-state index is -0.398. The Morgan fingerprint density at radius 1 is 0.933 bits per heavy atom. The summed E-state index contributed by atoms with van der Waals surface area (Å²) in [6.07, 6.45) is 10.1. The quantitative estimate of drug-likeness (QED) is 0.222. The van der Waals surface area contributed by atoms with E-state index < -0.39 is 5.97 Å². The number of benzene rings is 2. The smallest absolute Gasteiger partial charge is 0.343 e. The first-order chi connectivity index (χ1) is 14.6. The lowest BCUT2D eigenvalue weighted by Gasteiger charge is -2.08. The molecule has 0 aromatic heterocycles. The molecule has 2 radical (unpaired) electrons. The summed E-state index contributed by atoms with van der Waals surface area (Å²) in [6, 6.07) is 14.4. The molecule has 0 saturated heterocycles. The predicted octanol–water partition coefficient (Wildman–Crippen LogP) is 5.33. The van der Waals surface area contributed by atoms with E-state index in [1.165, 1.54) is 11.6 Å². The van der Waals surface area contributed by atoms with E-state index in [1.54, 1.807) is 36.4 Å². The minimum absolute atomic E-state index is 0.00596. The Bertz CT molecular complexity index is 1020. The number of rotatable bonds is 11. The molecule has 0 saturated carbocycles. The Kier molecular flexibility index (Phi) is 5.94. The number of carbonyl (C=O) groups is 2. The average molecular weight is 398 g/mol. The molecular weight excluding hydrogens is 376 g/mol. The third-order valence-electron chi connectivity index (χ3n) is 4.96. The molecule has 2 aliphatic rings. The molecule has 0 amide bonds. The summed E-state index contributed by atoms with van der Waals surface area (Å²) in [7, 11) is 0. The molecule has 2 aromatic carbocycles. The first kappa shape index (κ1) is 19.9. The maximum atomic E-state index is 12.3. The predicted molar refractivity (Wildman–Crippen MR) is 116 cm³/mol. The fourth-order valence-electron chi connectivity index (χ4n) is 3.09. The van der Waals surface area contributed by atoms with Crippen molar-refractivity contribution in [3.05, 3.63) is 102 Å². The number of hydrogen-bond acceptors (Lipinski definition) is 4. The fraction of sp³-hybridized carbons (Fsp3) is 0.154. The van der Waals surface area contributed by atoms with Crippen molar-refractivity contribution in [1.82, 2.24) is 0 Å². The van der Waals surface area contributed by atoms with Crippen LogP contribution in [0.4, 0.5) is 0 Å². The van der Waals surface area contributed by atoms with Gasteiger partial charge in [0, 0.05) is 18.4 Å². The zero-order valence-electron chi connectivity index (χ0n) is 16.6. The first-order valence-electron chi connectivity index (χ1n) is 9.99. The third kappa shape index (κ3) is 5.15. The van der Waals surface area contributed by atoms with Gasteiger partial charge in [-0.25, -0.2) is 4.79 Å². The van der Waals surface area contributed by atoms with Crippen molar-refractivity contribution < 1.29 is 19.1 Å². The van der Waals surface area contributed by atoms with Crippen molar-refractivity contribution in [3.63, 3.8) is 0 Å². The van der Waals surface area contributed by atoms with Crippen LogP contribution < -0.4 is 9.47 Å². The van der Waals surface area contributed by atoms with E-state index in [0.717, 1.165) is 36.0 Å². The van der Waals surface area contributed by atoms with Crippen LogP contribution in [0.1, 0.15) is 35.2 Å². The summed E-state index contributed by atoms with van der Waals surface area (Å²) in [4.78, 5) is 23.7. The second-order valence-electron chi connectivity index (χ2n) is 7.18. The van der Waals surface area contributed by atoms with E-state index in [9.17, 15) is 9.59 Å².